The van der Waals surface area contributed by atoms with Crippen molar-refractivity contribution in [2.24, 2.45) is 0 Å². The van der Waals surface area contributed by atoms with Crippen molar-refractivity contribution in [3.8, 4) is 0 Å². The highest BCUT2D eigenvalue weighted by atomic mass is 16.2. The van der Waals surface area contributed by atoms with Gasteiger partial charge < -0.3 is 10.6 Å². The zero-order valence-corrected chi connectivity index (χ0v) is 15.5. The molecule has 2 amide bonds. The molecule has 136 valence electrons. The molecule has 3 rings (SSSR count). The van der Waals surface area contributed by atoms with Gasteiger partial charge in [-0.3, -0.25) is 9.59 Å². The van der Waals surface area contributed by atoms with E-state index in [2.05, 4.69) is 10.6 Å². The standard InChI is InChI=1S/C22H26N2O2/c1-15-8-6-9-16(2)20(15)24-22(26)18-11-7-10-17(14-18)21(25)23-19-12-4-3-5-13-19/h6-11,14,19H,3-5,12-13H2,1-2H3,(H,23,25)(H,24,26). The average molecular weight is 350 g/mol. The van der Waals surface area contributed by atoms with Crippen LogP contribution in [0, 0.1) is 13.8 Å². The van der Waals surface area contributed by atoms with Gasteiger partial charge in [-0.2, -0.15) is 0 Å². The van der Waals surface area contributed by atoms with Crippen LogP contribution in [0.15, 0.2) is 42.5 Å². The minimum absolute atomic E-state index is 0.0985. The van der Waals surface area contributed by atoms with Crippen LogP contribution in [0.4, 0.5) is 5.69 Å². The Morgan fingerprint density at radius 3 is 2.08 bits per heavy atom. The van der Waals surface area contributed by atoms with Crippen LogP contribution in [-0.2, 0) is 0 Å². The molecule has 4 heteroatoms. The highest BCUT2D eigenvalue weighted by molar-refractivity contribution is 6.06. The summed E-state index contributed by atoms with van der Waals surface area (Å²) in [6, 6.07) is 13.1. The summed E-state index contributed by atoms with van der Waals surface area (Å²) in [6.07, 6.45) is 5.67. The van der Waals surface area contributed by atoms with Crippen molar-refractivity contribution >= 4 is 17.5 Å². The van der Waals surface area contributed by atoms with Crippen molar-refractivity contribution in [1.82, 2.24) is 5.32 Å². The van der Waals surface area contributed by atoms with Crippen LogP contribution in [0.2, 0.25) is 0 Å². The first-order valence-electron chi connectivity index (χ1n) is 9.33. The van der Waals surface area contributed by atoms with E-state index in [1.165, 1.54) is 19.3 Å². The lowest BCUT2D eigenvalue weighted by atomic mass is 9.95. The molecule has 0 aliphatic heterocycles. The molecule has 4 nitrogen and oxygen atoms in total. The lowest BCUT2D eigenvalue weighted by molar-refractivity contribution is 0.0927. The summed E-state index contributed by atoms with van der Waals surface area (Å²) in [6.45, 7) is 3.94. The molecule has 0 aromatic heterocycles. The highest BCUT2D eigenvalue weighted by Crippen LogP contribution is 2.21. The van der Waals surface area contributed by atoms with Crippen LogP contribution in [0.3, 0.4) is 0 Å². The van der Waals surface area contributed by atoms with Gasteiger partial charge in [0.1, 0.15) is 0 Å². The van der Waals surface area contributed by atoms with Gasteiger partial charge in [-0.1, -0.05) is 43.5 Å². The first-order chi connectivity index (χ1) is 12.5. The molecule has 1 saturated carbocycles. The Bertz CT molecular complexity index is 787. The minimum atomic E-state index is -0.199. The second-order valence-electron chi connectivity index (χ2n) is 7.11. The molecule has 2 aromatic rings. The van der Waals surface area contributed by atoms with E-state index >= 15 is 0 Å². The molecule has 2 N–H and O–H groups in total. The van der Waals surface area contributed by atoms with Crippen LogP contribution >= 0.6 is 0 Å². The van der Waals surface area contributed by atoms with Crippen molar-refractivity contribution < 1.29 is 9.59 Å². The number of aryl methyl sites for hydroxylation is 2. The van der Waals surface area contributed by atoms with Crippen LogP contribution in [-0.4, -0.2) is 17.9 Å². The van der Waals surface area contributed by atoms with E-state index in [-0.39, 0.29) is 17.9 Å². The Labute approximate surface area is 155 Å². The number of amides is 2. The number of hydrogen-bond acceptors (Lipinski definition) is 2. The molecular formula is C22H26N2O2. The molecule has 0 heterocycles. The normalized spacial score (nSPS) is 14.7. The molecular weight excluding hydrogens is 324 g/mol. The maximum atomic E-state index is 12.6. The number of nitrogens with one attached hydrogen (secondary N) is 2. The third kappa shape index (κ3) is 4.31. The van der Waals surface area contributed by atoms with Crippen LogP contribution in [0.1, 0.15) is 63.9 Å². The first kappa shape index (κ1) is 18.2. The van der Waals surface area contributed by atoms with Gasteiger partial charge in [0, 0.05) is 22.9 Å². The summed E-state index contributed by atoms with van der Waals surface area (Å²) in [5.74, 6) is -0.298. The smallest absolute Gasteiger partial charge is 0.255 e. The highest BCUT2D eigenvalue weighted by Gasteiger charge is 2.18. The Hall–Kier alpha value is -2.62. The third-order valence-corrected chi connectivity index (χ3v) is 5.05. The number of anilines is 1. The van der Waals surface area contributed by atoms with E-state index in [1.807, 2.05) is 32.0 Å². The second kappa shape index (κ2) is 8.17. The monoisotopic (exact) mass is 350 g/mol. The quantitative estimate of drug-likeness (QED) is 0.845. The molecule has 2 aromatic carbocycles. The predicted octanol–water partition coefficient (Wildman–Crippen LogP) is 4.62. The number of carbonyl (C=O) groups is 2. The van der Waals surface area contributed by atoms with Crippen LogP contribution < -0.4 is 10.6 Å². The molecule has 0 unspecified atom stereocenters. The maximum Gasteiger partial charge on any atom is 0.255 e. The molecule has 0 atom stereocenters. The molecule has 0 spiro atoms. The summed E-state index contributed by atoms with van der Waals surface area (Å²) >= 11 is 0. The summed E-state index contributed by atoms with van der Waals surface area (Å²) in [5.41, 5.74) is 3.89. The van der Waals surface area contributed by atoms with E-state index in [0.717, 1.165) is 29.7 Å². The topological polar surface area (TPSA) is 58.2 Å². The summed E-state index contributed by atoms with van der Waals surface area (Å²) in [7, 11) is 0. The van der Waals surface area contributed by atoms with Gasteiger partial charge in [0.15, 0.2) is 0 Å². The van der Waals surface area contributed by atoms with Gasteiger partial charge in [0.05, 0.1) is 0 Å². The van der Waals surface area contributed by atoms with Crippen molar-refractivity contribution in [3.63, 3.8) is 0 Å². The molecule has 0 bridgehead atoms. The van der Waals surface area contributed by atoms with E-state index < -0.39 is 0 Å². The van der Waals surface area contributed by atoms with E-state index in [4.69, 9.17) is 0 Å². The largest absolute Gasteiger partial charge is 0.349 e. The number of carbonyl (C=O) groups excluding carboxylic acids is 2. The van der Waals surface area contributed by atoms with Crippen molar-refractivity contribution in [2.45, 2.75) is 52.0 Å². The fourth-order valence-corrected chi connectivity index (χ4v) is 3.51. The first-order valence-corrected chi connectivity index (χ1v) is 9.33. The lowest BCUT2D eigenvalue weighted by Crippen LogP contribution is -2.36. The summed E-state index contributed by atoms with van der Waals surface area (Å²) in [5, 5.41) is 6.07. The van der Waals surface area contributed by atoms with Crippen LogP contribution in [0.5, 0.6) is 0 Å². The van der Waals surface area contributed by atoms with Gasteiger partial charge in [-0.25, -0.2) is 0 Å². The molecule has 0 saturated heterocycles. The number of benzene rings is 2. The number of hydrogen-bond donors (Lipinski definition) is 2. The zero-order chi connectivity index (χ0) is 18.5. The van der Waals surface area contributed by atoms with Gasteiger partial charge in [0.2, 0.25) is 0 Å². The second-order valence-corrected chi connectivity index (χ2v) is 7.11. The number of rotatable bonds is 4. The Balaban J connectivity index is 1.72. The summed E-state index contributed by atoms with van der Waals surface area (Å²) in [4.78, 5) is 25.2. The Morgan fingerprint density at radius 1 is 0.846 bits per heavy atom. The van der Waals surface area contributed by atoms with Crippen molar-refractivity contribution in [2.75, 3.05) is 5.32 Å². The number of para-hydroxylation sites is 1. The van der Waals surface area contributed by atoms with Crippen molar-refractivity contribution in [3.05, 3.63) is 64.7 Å². The fourth-order valence-electron chi connectivity index (χ4n) is 3.51. The minimum Gasteiger partial charge on any atom is -0.349 e. The fraction of sp³-hybridized carbons (Fsp3) is 0.364. The molecule has 26 heavy (non-hydrogen) atoms. The lowest BCUT2D eigenvalue weighted by Gasteiger charge is -2.22. The summed E-state index contributed by atoms with van der Waals surface area (Å²) < 4.78 is 0. The molecule has 1 fully saturated rings. The van der Waals surface area contributed by atoms with Crippen molar-refractivity contribution in [1.29, 1.82) is 0 Å². The van der Waals surface area contributed by atoms with E-state index in [9.17, 15) is 9.59 Å². The Kier molecular flexibility index (Phi) is 5.71. The van der Waals surface area contributed by atoms with E-state index in [1.54, 1.807) is 24.3 Å². The molecule has 1 aliphatic rings. The van der Waals surface area contributed by atoms with Gasteiger partial charge in [0.25, 0.3) is 11.8 Å². The zero-order valence-electron chi connectivity index (χ0n) is 15.5. The van der Waals surface area contributed by atoms with Gasteiger partial charge in [-0.15, -0.1) is 0 Å². The van der Waals surface area contributed by atoms with E-state index in [0.29, 0.717) is 11.1 Å². The third-order valence-electron chi connectivity index (χ3n) is 5.05. The molecule has 1 aliphatic carbocycles. The van der Waals surface area contributed by atoms with Crippen LogP contribution in [0.25, 0.3) is 0 Å². The SMILES string of the molecule is Cc1cccc(C)c1NC(=O)c1cccc(C(=O)NC2CCCCC2)c1. The molecule has 0 radical (unpaired) electrons. The Morgan fingerprint density at radius 2 is 1.42 bits per heavy atom. The van der Waals surface area contributed by atoms with Gasteiger partial charge >= 0.3 is 0 Å². The predicted molar refractivity (Wildman–Crippen MR) is 105 cm³/mol. The average Bonchev–Trinajstić information content (AvgIpc) is 2.65. The maximum absolute atomic E-state index is 12.6. The van der Waals surface area contributed by atoms with Gasteiger partial charge in [-0.05, 0) is 56.0 Å².